The number of benzene rings is 1. The predicted molar refractivity (Wildman–Crippen MR) is 86.1 cm³/mol. The van der Waals surface area contributed by atoms with Crippen molar-refractivity contribution in [3.63, 3.8) is 0 Å². The van der Waals surface area contributed by atoms with E-state index >= 15 is 0 Å². The van der Waals surface area contributed by atoms with Crippen molar-refractivity contribution >= 4 is 16.5 Å². The lowest BCUT2D eigenvalue weighted by molar-refractivity contribution is 0.446. The van der Waals surface area contributed by atoms with E-state index < -0.39 is 0 Å². The minimum Gasteiger partial charge on any atom is -0.348 e. The summed E-state index contributed by atoms with van der Waals surface area (Å²) in [5, 5.41) is 1.14. The molecule has 4 heteroatoms. The van der Waals surface area contributed by atoms with E-state index in [1.54, 1.807) is 11.3 Å². The summed E-state index contributed by atoms with van der Waals surface area (Å²) < 4.78 is 0. The average Bonchev–Trinajstić information content (AvgIpc) is 2.92. The standard InChI is InChI=1S/C16H21N3S/c1-12-6-5-9-19(11-12)16-18-15(14(10-17)20-16)13-7-3-2-4-8-13/h2-4,7-8,12H,5-6,9-11,17H2,1H3. The first-order valence-corrected chi connectivity index (χ1v) is 8.09. The molecule has 1 unspecified atom stereocenters. The van der Waals surface area contributed by atoms with Crippen LogP contribution in [0.5, 0.6) is 0 Å². The summed E-state index contributed by atoms with van der Waals surface area (Å²) in [6, 6.07) is 10.4. The van der Waals surface area contributed by atoms with Gasteiger partial charge in [-0.05, 0) is 18.8 Å². The van der Waals surface area contributed by atoms with Crippen molar-refractivity contribution in [2.24, 2.45) is 11.7 Å². The van der Waals surface area contributed by atoms with Gasteiger partial charge in [0.05, 0.1) is 5.69 Å². The number of anilines is 1. The molecule has 2 aromatic rings. The lowest BCUT2D eigenvalue weighted by atomic mass is 10.0. The van der Waals surface area contributed by atoms with Gasteiger partial charge < -0.3 is 10.6 Å². The molecule has 0 spiro atoms. The number of nitrogens with two attached hydrogens (primary N) is 1. The summed E-state index contributed by atoms with van der Waals surface area (Å²) in [6.07, 6.45) is 2.59. The van der Waals surface area contributed by atoms with Gasteiger partial charge in [-0.25, -0.2) is 4.98 Å². The van der Waals surface area contributed by atoms with E-state index in [1.165, 1.54) is 23.3 Å². The molecule has 3 rings (SSSR count). The molecule has 2 heterocycles. The zero-order chi connectivity index (χ0) is 13.9. The highest BCUT2D eigenvalue weighted by molar-refractivity contribution is 7.16. The van der Waals surface area contributed by atoms with Crippen LogP contribution >= 0.6 is 11.3 Å². The number of hydrogen-bond donors (Lipinski definition) is 1. The van der Waals surface area contributed by atoms with Crippen LogP contribution in [0.2, 0.25) is 0 Å². The fourth-order valence-electron chi connectivity index (χ4n) is 2.80. The van der Waals surface area contributed by atoms with Crippen molar-refractivity contribution in [2.45, 2.75) is 26.3 Å². The van der Waals surface area contributed by atoms with Crippen LogP contribution in [-0.4, -0.2) is 18.1 Å². The van der Waals surface area contributed by atoms with Gasteiger partial charge in [-0.3, -0.25) is 0 Å². The normalized spacial score (nSPS) is 19.3. The highest BCUT2D eigenvalue weighted by atomic mass is 32.1. The number of piperidine rings is 1. The number of aromatic nitrogens is 1. The average molecular weight is 287 g/mol. The summed E-state index contributed by atoms with van der Waals surface area (Å²) in [5.41, 5.74) is 8.14. The summed E-state index contributed by atoms with van der Waals surface area (Å²) in [7, 11) is 0. The van der Waals surface area contributed by atoms with Crippen molar-refractivity contribution in [1.82, 2.24) is 4.98 Å². The van der Waals surface area contributed by atoms with E-state index in [1.807, 2.05) is 6.07 Å². The maximum atomic E-state index is 5.91. The molecular weight excluding hydrogens is 266 g/mol. The Balaban J connectivity index is 1.92. The Bertz CT molecular complexity index is 564. The van der Waals surface area contributed by atoms with E-state index in [0.717, 1.165) is 29.8 Å². The largest absolute Gasteiger partial charge is 0.348 e. The molecule has 3 nitrogen and oxygen atoms in total. The van der Waals surface area contributed by atoms with Crippen LogP contribution < -0.4 is 10.6 Å². The van der Waals surface area contributed by atoms with Crippen LogP contribution in [0.1, 0.15) is 24.6 Å². The van der Waals surface area contributed by atoms with Gasteiger partial charge in [0.15, 0.2) is 5.13 Å². The monoisotopic (exact) mass is 287 g/mol. The van der Waals surface area contributed by atoms with E-state index in [4.69, 9.17) is 10.7 Å². The number of nitrogens with zero attached hydrogens (tertiary/aromatic N) is 2. The summed E-state index contributed by atoms with van der Waals surface area (Å²) >= 11 is 1.75. The van der Waals surface area contributed by atoms with Gasteiger partial charge in [-0.1, -0.05) is 48.6 Å². The minimum atomic E-state index is 0.561. The maximum absolute atomic E-state index is 5.91. The molecule has 1 fully saturated rings. The Morgan fingerprint density at radius 2 is 2.15 bits per heavy atom. The van der Waals surface area contributed by atoms with Crippen LogP contribution in [0.25, 0.3) is 11.3 Å². The SMILES string of the molecule is CC1CCCN(c2nc(-c3ccccc3)c(CN)s2)C1. The van der Waals surface area contributed by atoms with Crippen LogP contribution in [-0.2, 0) is 6.54 Å². The van der Waals surface area contributed by atoms with Crippen molar-refractivity contribution in [2.75, 3.05) is 18.0 Å². The lowest BCUT2D eigenvalue weighted by Gasteiger charge is -2.30. The quantitative estimate of drug-likeness (QED) is 0.939. The Kier molecular flexibility index (Phi) is 4.03. The number of rotatable bonds is 3. The molecule has 106 valence electrons. The molecule has 1 saturated heterocycles. The highest BCUT2D eigenvalue weighted by Crippen LogP contribution is 2.34. The molecular formula is C16H21N3S. The molecule has 1 aliphatic heterocycles. The zero-order valence-electron chi connectivity index (χ0n) is 11.9. The number of thiazole rings is 1. The Labute approximate surface area is 124 Å². The molecule has 0 aliphatic carbocycles. The minimum absolute atomic E-state index is 0.561. The number of hydrogen-bond acceptors (Lipinski definition) is 4. The maximum Gasteiger partial charge on any atom is 0.186 e. The van der Waals surface area contributed by atoms with Crippen molar-refractivity contribution < 1.29 is 0 Å². The second kappa shape index (κ2) is 5.94. The van der Waals surface area contributed by atoms with E-state index in [9.17, 15) is 0 Å². The van der Waals surface area contributed by atoms with Gasteiger partial charge in [-0.2, -0.15) is 0 Å². The molecule has 0 amide bonds. The topological polar surface area (TPSA) is 42.2 Å². The third-order valence-electron chi connectivity index (χ3n) is 3.85. The van der Waals surface area contributed by atoms with E-state index in [2.05, 4.69) is 36.1 Å². The van der Waals surface area contributed by atoms with Crippen molar-refractivity contribution in [3.05, 3.63) is 35.2 Å². The molecule has 1 aromatic heterocycles. The van der Waals surface area contributed by atoms with Gasteiger partial charge in [-0.15, -0.1) is 0 Å². The summed E-state index contributed by atoms with van der Waals surface area (Å²) in [5.74, 6) is 0.758. The summed E-state index contributed by atoms with van der Waals surface area (Å²) in [4.78, 5) is 8.48. The molecule has 1 aliphatic rings. The molecule has 2 N–H and O–H groups in total. The second-order valence-corrected chi connectivity index (χ2v) is 6.59. The first-order chi connectivity index (χ1) is 9.78. The first kappa shape index (κ1) is 13.6. The Morgan fingerprint density at radius 3 is 2.85 bits per heavy atom. The van der Waals surface area contributed by atoms with Gasteiger partial charge >= 0.3 is 0 Å². The fourth-order valence-corrected chi connectivity index (χ4v) is 3.79. The highest BCUT2D eigenvalue weighted by Gasteiger charge is 2.21. The molecule has 0 radical (unpaired) electrons. The van der Waals surface area contributed by atoms with Crippen LogP contribution in [0, 0.1) is 5.92 Å². The van der Waals surface area contributed by atoms with Crippen LogP contribution in [0.4, 0.5) is 5.13 Å². The summed E-state index contributed by atoms with van der Waals surface area (Å²) in [6.45, 7) is 5.12. The second-order valence-electron chi connectivity index (χ2n) is 5.53. The molecule has 0 saturated carbocycles. The smallest absolute Gasteiger partial charge is 0.186 e. The Hall–Kier alpha value is -1.39. The third-order valence-corrected chi connectivity index (χ3v) is 4.98. The van der Waals surface area contributed by atoms with Crippen LogP contribution in [0.3, 0.4) is 0 Å². The third kappa shape index (κ3) is 2.72. The molecule has 20 heavy (non-hydrogen) atoms. The van der Waals surface area contributed by atoms with Gasteiger partial charge in [0.25, 0.3) is 0 Å². The zero-order valence-corrected chi connectivity index (χ0v) is 12.7. The molecule has 1 atom stereocenters. The lowest BCUT2D eigenvalue weighted by Crippen LogP contribution is -2.34. The predicted octanol–water partition coefficient (Wildman–Crippen LogP) is 3.51. The first-order valence-electron chi connectivity index (χ1n) is 7.28. The molecule has 0 bridgehead atoms. The Morgan fingerprint density at radius 1 is 1.35 bits per heavy atom. The van der Waals surface area contributed by atoms with Crippen LogP contribution in [0.15, 0.2) is 30.3 Å². The van der Waals surface area contributed by atoms with Crippen molar-refractivity contribution in [1.29, 1.82) is 0 Å². The van der Waals surface area contributed by atoms with E-state index in [0.29, 0.717) is 6.54 Å². The van der Waals surface area contributed by atoms with E-state index in [-0.39, 0.29) is 0 Å². The van der Waals surface area contributed by atoms with Gasteiger partial charge in [0.1, 0.15) is 0 Å². The van der Waals surface area contributed by atoms with Gasteiger partial charge in [0.2, 0.25) is 0 Å². The molecule has 1 aromatic carbocycles. The van der Waals surface area contributed by atoms with Gasteiger partial charge in [0, 0.05) is 30.1 Å². The van der Waals surface area contributed by atoms with Crippen molar-refractivity contribution in [3.8, 4) is 11.3 Å². The fraction of sp³-hybridized carbons (Fsp3) is 0.438.